The minimum absolute atomic E-state index is 0.172. The van der Waals surface area contributed by atoms with Crippen LogP contribution < -0.4 is 15.3 Å². The van der Waals surface area contributed by atoms with Crippen molar-refractivity contribution in [2.24, 2.45) is 5.92 Å². The minimum atomic E-state index is -0.906. The Morgan fingerprint density at radius 1 is 0.900 bits per heavy atom. The Kier molecular flexibility index (Phi) is 6.78. The molecule has 161 valence electrons. The van der Waals surface area contributed by atoms with Crippen LogP contribution in [0.3, 0.4) is 0 Å². The van der Waals surface area contributed by atoms with Crippen molar-refractivity contribution >= 4 is 24.3 Å². The van der Waals surface area contributed by atoms with Gasteiger partial charge in [0, 0.05) is 37.5 Å². The average molecular weight is 408 g/mol. The number of benzene rings is 1. The fraction of sp³-hybridized carbons (Fsp3) is 0.542. The Bertz CT molecular complexity index is 806. The number of pyridine rings is 1. The topological polar surface area (TPSA) is 48.8 Å². The number of aliphatic hydroxyl groups is 1. The van der Waals surface area contributed by atoms with E-state index in [2.05, 4.69) is 72.8 Å². The molecule has 30 heavy (non-hydrogen) atoms. The quantitative estimate of drug-likeness (QED) is 0.713. The van der Waals surface area contributed by atoms with Gasteiger partial charge in [0.15, 0.2) is 0 Å². The maximum absolute atomic E-state index is 10.1. The molecule has 0 aliphatic carbocycles. The summed E-state index contributed by atoms with van der Waals surface area (Å²) in [4.78, 5) is 9.20. The van der Waals surface area contributed by atoms with Crippen LogP contribution in [0.1, 0.15) is 47.2 Å². The van der Waals surface area contributed by atoms with E-state index in [1.807, 2.05) is 19.7 Å². The van der Waals surface area contributed by atoms with Gasteiger partial charge in [0.2, 0.25) is 0 Å². The number of nitrogens with zero attached hydrogens (tertiary/aromatic N) is 3. The van der Waals surface area contributed by atoms with E-state index in [0.717, 1.165) is 37.3 Å². The summed E-state index contributed by atoms with van der Waals surface area (Å²) in [6, 6.07) is 12.6. The van der Waals surface area contributed by atoms with E-state index in [4.69, 9.17) is 4.65 Å². The van der Waals surface area contributed by atoms with Crippen molar-refractivity contribution in [1.29, 1.82) is 0 Å². The third-order valence-corrected chi connectivity index (χ3v) is 6.17. The van der Waals surface area contributed by atoms with Crippen molar-refractivity contribution in [3.05, 3.63) is 48.3 Å². The Hall–Kier alpha value is -2.05. The first kappa shape index (κ1) is 22.6. The fourth-order valence-electron chi connectivity index (χ4n) is 3.28. The fourth-order valence-corrected chi connectivity index (χ4v) is 3.28. The molecule has 0 saturated carbocycles. The van der Waals surface area contributed by atoms with Gasteiger partial charge >= 0.3 is 7.48 Å². The molecule has 1 aromatic carbocycles. The first-order valence-corrected chi connectivity index (χ1v) is 10.9. The van der Waals surface area contributed by atoms with Gasteiger partial charge in [-0.3, -0.25) is 4.98 Å². The average Bonchev–Trinajstić information content (AvgIpc) is 2.72. The van der Waals surface area contributed by atoms with Crippen molar-refractivity contribution in [3.63, 3.8) is 0 Å². The van der Waals surface area contributed by atoms with E-state index in [-0.39, 0.29) is 5.60 Å². The maximum atomic E-state index is 10.1. The third-order valence-electron chi connectivity index (χ3n) is 6.17. The van der Waals surface area contributed by atoms with Crippen molar-refractivity contribution < 1.29 is 9.76 Å². The number of aromatic nitrogens is 1. The first-order valence-electron chi connectivity index (χ1n) is 10.9. The van der Waals surface area contributed by atoms with Gasteiger partial charge in [0.1, 0.15) is 5.60 Å². The summed E-state index contributed by atoms with van der Waals surface area (Å²) in [5.41, 5.74) is 3.06. The molecule has 1 aliphatic heterocycles. The Morgan fingerprint density at radius 3 is 1.90 bits per heavy atom. The molecular weight excluding hydrogens is 373 g/mol. The molecule has 2 aromatic rings. The third kappa shape index (κ3) is 5.55. The molecule has 0 bridgehead atoms. The smallest absolute Gasteiger partial charge is 0.330 e. The summed E-state index contributed by atoms with van der Waals surface area (Å²) in [6.07, 6.45) is 1.87. The van der Waals surface area contributed by atoms with E-state index in [1.54, 1.807) is 13.8 Å². The number of rotatable bonds is 7. The monoisotopic (exact) mass is 408 g/mol. The standard InChI is InChI=1S/C24H35BN3O2/c1-18(2)24(5,6)30-25-19-7-9-20(10-8-19)27-13-15-28(16-14-27)21-11-12-22(26-17-21)23(3,4)29/h7-12,17-18,29H,13-16H2,1-6H3. The predicted molar refractivity (Wildman–Crippen MR) is 126 cm³/mol. The van der Waals surface area contributed by atoms with E-state index >= 15 is 0 Å². The molecule has 0 amide bonds. The Morgan fingerprint density at radius 2 is 1.43 bits per heavy atom. The van der Waals surface area contributed by atoms with Crippen LogP contribution in [0.4, 0.5) is 11.4 Å². The lowest BCUT2D eigenvalue weighted by molar-refractivity contribution is 0.0668. The molecule has 1 saturated heterocycles. The van der Waals surface area contributed by atoms with Crippen LogP contribution in [-0.4, -0.2) is 49.4 Å². The number of anilines is 2. The summed E-state index contributed by atoms with van der Waals surface area (Å²) in [5, 5.41) is 10.1. The molecule has 0 atom stereocenters. The minimum Gasteiger partial charge on any atom is -0.429 e. The molecule has 1 aromatic heterocycles. The molecule has 1 radical (unpaired) electrons. The van der Waals surface area contributed by atoms with Crippen LogP contribution in [0.15, 0.2) is 42.6 Å². The van der Waals surface area contributed by atoms with Gasteiger partial charge in [-0.05, 0) is 57.9 Å². The molecule has 5 nitrogen and oxygen atoms in total. The van der Waals surface area contributed by atoms with E-state index in [0.29, 0.717) is 11.6 Å². The summed E-state index contributed by atoms with van der Waals surface area (Å²) in [5.74, 6) is 0.450. The Labute approximate surface area is 182 Å². The van der Waals surface area contributed by atoms with Crippen LogP contribution in [-0.2, 0) is 10.3 Å². The van der Waals surface area contributed by atoms with E-state index < -0.39 is 5.60 Å². The molecule has 6 heteroatoms. The zero-order valence-electron chi connectivity index (χ0n) is 19.2. The normalized spacial score (nSPS) is 15.6. The van der Waals surface area contributed by atoms with Crippen LogP contribution in [0.25, 0.3) is 0 Å². The molecule has 2 heterocycles. The molecule has 1 fully saturated rings. The highest BCUT2D eigenvalue weighted by Gasteiger charge is 2.23. The first-order chi connectivity index (χ1) is 14.1. The van der Waals surface area contributed by atoms with Gasteiger partial charge in [0.05, 0.1) is 17.6 Å². The van der Waals surface area contributed by atoms with E-state index in [1.165, 1.54) is 5.69 Å². The molecule has 1 N–H and O–H groups in total. The lowest BCUT2D eigenvalue weighted by atomic mass is 9.84. The number of hydrogen-bond donors (Lipinski definition) is 1. The lowest BCUT2D eigenvalue weighted by Crippen LogP contribution is -2.46. The Balaban J connectivity index is 1.53. The molecule has 0 unspecified atom stereocenters. The molecule has 1 aliphatic rings. The van der Waals surface area contributed by atoms with Gasteiger partial charge in [-0.25, -0.2) is 0 Å². The van der Waals surface area contributed by atoms with Crippen molar-refractivity contribution in [1.82, 2.24) is 4.98 Å². The molecular formula is C24H35BN3O2. The van der Waals surface area contributed by atoms with Crippen molar-refractivity contribution in [3.8, 4) is 0 Å². The van der Waals surface area contributed by atoms with E-state index in [9.17, 15) is 5.11 Å². The van der Waals surface area contributed by atoms with Gasteiger partial charge in [-0.1, -0.05) is 31.4 Å². The number of hydrogen-bond acceptors (Lipinski definition) is 5. The summed E-state index contributed by atoms with van der Waals surface area (Å²) < 4.78 is 5.99. The van der Waals surface area contributed by atoms with Crippen LogP contribution in [0, 0.1) is 5.92 Å². The lowest BCUT2D eigenvalue weighted by Gasteiger charge is -2.37. The second kappa shape index (κ2) is 8.99. The summed E-state index contributed by atoms with van der Waals surface area (Å²) in [7, 11) is 1.87. The number of piperazine rings is 1. The maximum Gasteiger partial charge on any atom is 0.330 e. The highest BCUT2D eigenvalue weighted by Crippen LogP contribution is 2.23. The second-order valence-corrected chi connectivity index (χ2v) is 9.52. The zero-order valence-corrected chi connectivity index (χ0v) is 19.2. The summed E-state index contributed by atoms with van der Waals surface area (Å²) >= 11 is 0. The van der Waals surface area contributed by atoms with Crippen molar-refractivity contribution in [2.75, 3.05) is 36.0 Å². The van der Waals surface area contributed by atoms with Gasteiger partial charge in [0.25, 0.3) is 0 Å². The SMILES string of the molecule is CC(C)C(C)(C)O[B]c1ccc(N2CCN(c3ccc(C(C)(C)O)nc3)CC2)cc1. The zero-order chi connectivity index (χ0) is 21.9. The van der Waals surface area contributed by atoms with Gasteiger partial charge in [-0.2, -0.15) is 0 Å². The van der Waals surface area contributed by atoms with Gasteiger partial charge < -0.3 is 19.6 Å². The highest BCUT2D eigenvalue weighted by atomic mass is 16.5. The van der Waals surface area contributed by atoms with Crippen molar-refractivity contribution in [2.45, 2.75) is 52.7 Å². The van der Waals surface area contributed by atoms with Crippen LogP contribution in [0.5, 0.6) is 0 Å². The van der Waals surface area contributed by atoms with Crippen LogP contribution >= 0.6 is 0 Å². The van der Waals surface area contributed by atoms with Crippen LogP contribution in [0.2, 0.25) is 0 Å². The molecule has 3 rings (SSSR count). The largest absolute Gasteiger partial charge is 0.429 e. The predicted octanol–water partition coefficient (Wildman–Crippen LogP) is 3.33. The second-order valence-electron chi connectivity index (χ2n) is 9.52. The highest BCUT2D eigenvalue weighted by molar-refractivity contribution is 6.47. The van der Waals surface area contributed by atoms with Gasteiger partial charge in [-0.15, -0.1) is 0 Å². The molecule has 0 spiro atoms. The summed E-state index contributed by atoms with van der Waals surface area (Å²) in [6.45, 7) is 15.9.